The molecule has 1 fully saturated rings. The van der Waals surface area contributed by atoms with Crippen molar-refractivity contribution in [3.05, 3.63) is 35.9 Å². The van der Waals surface area contributed by atoms with E-state index in [1.807, 2.05) is 37.4 Å². The van der Waals surface area contributed by atoms with Crippen LogP contribution in [0.2, 0.25) is 0 Å². The summed E-state index contributed by atoms with van der Waals surface area (Å²) in [7, 11) is 6.35. The van der Waals surface area contributed by atoms with E-state index in [1.54, 1.807) is 23.8 Å². The van der Waals surface area contributed by atoms with Gasteiger partial charge in [-0.15, -0.1) is 0 Å². The van der Waals surface area contributed by atoms with E-state index in [9.17, 15) is 19.2 Å². The number of carbonyl (C=O) groups excluding carboxylic acids is 4. The summed E-state index contributed by atoms with van der Waals surface area (Å²) >= 11 is 0. The lowest BCUT2D eigenvalue weighted by Gasteiger charge is -2.37. The molecule has 0 aromatic heterocycles. The van der Waals surface area contributed by atoms with E-state index >= 15 is 0 Å². The van der Waals surface area contributed by atoms with Gasteiger partial charge in [-0.25, -0.2) is 4.79 Å². The van der Waals surface area contributed by atoms with Gasteiger partial charge in [-0.2, -0.15) is 0 Å². The fraction of sp³-hybridized carbons (Fsp3) is 0.714. The second-order valence-corrected chi connectivity index (χ2v) is 11.8. The molecule has 1 saturated heterocycles. The fourth-order valence-corrected chi connectivity index (χ4v) is 5.73. The van der Waals surface area contributed by atoms with Gasteiger partial charge in [-0.1, -0.05) is 84.7 Å². The maximum atomic E-state index is 12.8. The Morgan fingerprint density at radius 1 is 1.04 bits per heavy atom. The van der Waals surface area contributed by atoms with Gasteiger partial charge >= 0.3 is 5.97 Å². The van der Waals surface area contributed by atoms with Crippen LogP contribution in [0.25, 0.3) is 0 Å². The van der Waals surface area contributed by atoms with E-state index in [1.165, 1.54) is 20.6 Å². The molecule has 1 aliphatic rings. The minimum absolute atomic E-state index is 0.0270. The van der Waals surface area contributed by atoms with Crippen molar-refractivity contribution in [2.24, 2.45) is 17.6 Å². The number of amides is 3. The molecule has 264 valence electrons. The molecule has 3 amide bonds. The maximum Gasteiger partial charge on any atom is 0.328 e. The standard InChI is InChI=1S/C20H28N2O5.C12H26N2O2.C3H8/c1-14(18(26-2)17-10-7-11-22(17)13-23)19(24)21-16(20(25)27-3)12-15-8-5-4-6-9-15;1-6-9(3)12(10(7-2)16-5)14(4)11(15)8-13;1-3-2/h4-6,8-9,13-14,16-18H,7,10-12H2,1-3H3,(H,21,24);9-10,12H,6-8,13H2,1-5H3;3H2,1-2H3/t14?,16-,17?,18?;;/m0../s1. The van der Waals surface area contributed by atoms with Gasteiger partial charge in [0.1, 0.15) is 6.04 Å². The van der Waals surface area contributed by atoms with Crippen LogP contribution < -0.4 is 11.1 Å². The van der Waals surface area contributed by atoms with Gasteiger partial charge < -0.3 is 35.1 Å². The molecular formula is C35H62N4O7. The molecule has 0 radical (unpaired) electrons. The molecule has 0 saturated carbocycles. The van der Waals surface area contributed by atoms with E-state index in [4.69, 9.17) is 19.9 Å². The Morgan fingerprint density at radius 3 is 2.11 bits per heavy atom. The molecule has 0 spiro atoms. The van der Waals surface area contributed by atoms with Crippen LogP contribution in [0.5, 0.6) is 0 Å². The fourth-order valence-electron chi connectivity index (χ4n) is 5.73. The van der Waals surface area contributed by atoms with Crippen molar-refractivity contribution in [2.75, 3.05) is 41.5 Å². The van der Waals surface area contributed by atoms with E-state index in [0.717, 1.165) is 37.7 Å². The predicted octanol–water partition coefficient (Wildman–Crippen LogP) is 3.82. The number of benzene rings is 1. The summed E-state index contributed by atoms with van der Waals surface area (Å²) in [6.45, 7) is 13.1. The van der Waals surface area contributed by atoms with Crippen molar-refractivity contribution in [1.29, 1.82) is 0 Å². The normalized spacial score (nSPS) is 17.8. The number of rotatable bonds is 16. The van der Waals surface area contributed by atoms with Crippen LogP contribution in [0.15, 0.2) is 30.3 Å². The number of carbonyl (C=O) groups is 4. The first-order valence-corrected chi connectivity index (χ1v) is 16.6. The number of hydrogen-bond acceptors (Lipinski definition) is 8. The molecule has 0 bridgehead atoms. The van der Waals surface area contributed by atoms with Crippen LogP contribution in [0.4, 0.5) is 0 Å². The topological polar surface area (TPSA) is 140 Å². The molecule has 11 nitrogen and oxygen atoms in total. The summed E-state index contributed by atoms with van der Waals surface area (Å²) in [5.41, 5.74) is 6.33. The molecule has 2 rings (SSSR count). The lowest BCUT2D eigenvalue weighted by atomic mass is 9.91. The molecule has 1 aromatic rings. The van der Waals surface area contributed by atoms with E-state index in [-0.39, 0.29) is 36.5 Å². The van der Waals surface area contributed by atoms with Crippen molar-refractivity contribution in [3.63, 3.8) is 0 Å². The largest absolute Gasteiger partial charge is 0.467 e. The van der Waals surface area contributed by atoms with E-state index < -0.39 is 24.0 Å². The SMILES string of the molecule is CCC.CCC(C)C(C(CC)OC)N(C)C(=O)CN.COC(=O)[C@H](Cc1ccccc1)NC(=O)C(C)C(OC)C1CCCN1C=O. The van der Waals surface area contributed by atoms with Gasteiger partial charge in [0, 0.05) is 34.2 Å². The van der Waals surface area contributed by atoms with Gasteiger partial charge in [0.25, 0.3) is 0 Å². The molecular weight excluding hydrogens is 588 g/mol. The second-order valence-electron chi connectivity index (χ2n) is 11.8. The van der Waals surface area contributed by atoms with Gasteiger partial charge in [0.15, 0.2) is 0 Å². The lowest BCUT2D eigenvalue weighted by molar-refractivity contribution is -0.146. The summed E-state index contributed by atoms with van der Waals surface area (Å²) in [6, 6.07) is 8.62. The van der Waals surface area contributed by atoms with Crippen molar-refractivity contribution in [3.8, 4) is 0 Å². The van der Waals surface area contributed by atoms with Gasteiger partial charge in [0.2, 0.25) is 18.2 Å². The van der Waals surface area contributed by atoms with Crippen LogP contribution in [0.1, 0.15) is 79.2 Å². The average Bonchev–Trinajstić information content (AvgIpc) is 3.55. The number of methoxy groups -OCH3 is 3. The number of esters is 1. The molecule has 7 atom stereocenters. The molecule has 1 heterocycles. The summed E-state index contributed by atoms with van der Waals surface area (Å²) in [6.07, 6.45) is 5.63. The van der Waals surface area contributed by atoms with Crippen LogP contribution in [-0.4, -0.2) is 106 Å². The van der Waals surface area contributed by atoms with Crippen LogP contribution in [0.3, 0.4) is 0 Å². The Morgan fingerprint density at radius 2 is 1.65 bits per heavy atom. The zero-order valence-corrected chi connectivity index (χ0v) is 30.0. The van der Waals surface area contributed by atoms with Gasteiger partial charge in [-0.05, 0) is 30.7 Å². The molecule has 11 heteroatoms. The zero-order valence-electron chi connectivity index (χ0n) is 30.0. The lowest BCUT2D eigenvalue weighted by Crippen LogP contribution is -2.51. The van der Waals surface area contributed by atoms with Crippen molar-refractivity contribution < 1.29 is 33.4 Å². The maximum absolute atomic E-state index is 12.8. The number of nitrogens with one attached hydrogen (secondary N) is 1. The molecule has 1 aromatic carbocycles. The number of nitrogens with zero attached hydrogens (tertiary/aromatic N) is 2. The summed E-state index contributed by atoms with van der Waals surface area (Å²) < 4.78 is 15.9. The zero-order chi connectivity index (χ0) is 35.2. The first kappa shape index (κ1) is 43.0. The number of likely N-dealkylation sites (tertiary alicyclic amines) is 1. The van der Waals surface area contributed by atoms with E-state index in [2.05, 4.69) is 39.9 Å². The molecule has 3 N–H and O–H groups in total. The Balaban J connectivity index is 0.000000909. The summed E-state index contributed by atoms with van der Waals surface area (Å²) in [5, 5.41) is 2.79. The van der Waals surface area contributed by atoms with Gasteiger partial charge in [0.05, 0.1) is 43.9 Å². The monoisotopic (exact) mass is 650 g/mol. The molecule has 6 unspecified atom stereocenters. The third-order valence-corrected chi connectivity index (χ3v) is 8.45. The minimum atomic E-state index is -0.782. The highest BCUT2D eigenvalue weighted by Gasteiger charge is 2.38. The highest BCUT2D eigenvalue weighted by molar-refractivity contribution is 5.86. The Bertz CT molecular complexity index is 992. The van der Waals surface area contributed by atoms with Crippen LogP contribution in [0, 0.1) is 11.8 Å². The third-order valence-electron chi connectivity index (χ3n) is 8.45. The van der Waals surface area contributed by atoms with Gasteiger partial charge in [-0.3, -0.25) is 14.4 Å². The van der Waals surface area contributed by atoms with Crippen molar-refractivity contribution >= 4 is 24.2 Å². The van der Waals surface area contributed by atoms with Crippen LogP contribution >= 0.6 is 0 Å². The van der Waals surface area contributed by atoms with Crippen molar-refractivity contribution in [2.45, 2.75) is 110 Å². The Kier molecular flexibility index (Phi) is 22.6. The number of hydrogen-bond donors (Lipinski definition) is 2. The first-order chi connectivity index (χ1) is 22.0. The molecule has 0 aliphatic carbocycles. The molecule has 1 aliphatic heterocycles. The predicted molar refractivity (Wildman–Crippen MR) is 182 cm³/mol. The highest BCUT2D eigenvalue weighted by atomic mass is 16.5. The minimum Gasteiger partial charge on any atom is -0.467 e. The number of nitrogens with two attached hydrogens (primary N) is 1. The van der Waals surface area contributed by atoms with Crippen LogP contribution in [-0.2, 0) is 39.8 Å². The Labute approximate surface area is 277 Å². The molecule has 46 heavy (non-hydrogen) atoms. The average molecular weight is 651 g/mol. The van der Waals surface area contributed by atoms with E-state index in [0.29, 0.717) is 18.9 Å². The highest BCUT2D eigenvalue weighted by Crippen LogP contribution is 2.25. The number of likely N-dealkylation sites (N-methyl/N-ethyl adjacent to an activating group) is 1. The summed E-state index contributed by atoms with van der Waals surface area (Å²) in [4.78, 5) is 51.3. The smallest absolute Gasteiger partial charge is 0.328 e. The quantitative estimate of drug-likeness (QED) is 0.203. The summed E-state index contributed by atoms with van der Waals surface area (Å²) in [5.74, 6) is -0.940. The first-order valence-electron chi connectivity index (χ1n) is 16.6. The van der Waals surface area contributed by atoms with Crippen molar-refractivity contribution in [1.82, 2.24) is 15.1 Å². The number of ether oxygens (including phenoxy) is 3. The Hall–Kier alpha value is -3.02. The second kappa shape index (κ2) is 24.2. The third kappa shape index (κ3) is 13.8.